The number of aromatic nitrogens is 3. The average molecular weight is 586 g/mol. The van der Waals surface area contributed by atoms with E-state index in [4.69, 9.17) is 9.72 Å². The monoisotopic (exact) mass is 585 g/mol. The molecule has 1 saturated heterocycles. The molecule has 2 N–H and O–H groups in total. The topological polar surface area (TPSA) is 94.8 Å². The molecule has 43 heavy (non-hydrogen) atoms. The zero-order valence-electron chi connectivity index (χ0n) is 24.6. The molecule has 1 unspecified atom stereocenters. The maximum atomic E-state index is 16.7. The number of hydrogen-bond acceptors (Lipinski definition) is 8. The molecule has 4 aromatic rings. The lowest BCUT2D eigenvalue weighted by Crippen LogP contribution is -2.46. The summed E-state index contributed by atoms with van der Waals surface area (Å²) in [6.07, 6.45) is 4.29. The van der Waals surface area contributed by atoms with E-state index in [0.717, 1.165) is 6.42 Å². The van der Waals surface area contributed by atoms with Crippen molar-refractivity contribution >= 4 is 27.5 Å². The van der Waals surface area contributed by atoms with Crippen LogP contribution < -0.4 is 9.64 Å². The lowest BCUT2D eigenvalue weighted by molar-refractivity contribution is 0.0447. The van der Waals surface area contributed by atoms with Crippen LogP contribution in [0.3, 0.4) is 0 Å². The van der Waals surface area contributed by atoms with Crippen molar-refractivity contribution < 1.29 is 23.7 Å². The van der Waals surface area contributed by atoms with Crippen LogP contribution in [0.2, 0.25) is 0 Å². The molecular formula is C33H33F2N5O3. The van der Waals surface area contributed by atoms with Gasteiger partial charge in [-0.25, -0.2) is 13.8 Å². The lowest BCUT2D eigenvalue weighted by Gasteiger charge is -2.38. The quantitative estimate of drug-likeness (QED) is 0.291. The molecule has 3 heterocycles. The highest BCUT2D eigenvalue weighted by Gasteiger charge is 2.34. The predicted molar refractivity (Wildman–Crippen MR) is 162 cm³/mol. The summed E-state index contributed by atoms with van der Waals surface area (Å²) in [5.41, 5.74) is 0.528. The molecule has 2 aromatic carbocycles. The van der Waals surface area contributed by atoms with Gasteiger partial charge in [0.05, 0.1) is 17.6 Å². The summed E-state index contributed by atoms with van der Waals surface area (Å²) < 4.78 is 37.1. The Kier molecular flexibility index (Phi) is 7.30. The Morgan fingerprint density at radius 2 is 2.00 bits per heavy atom. The molecule has 1 saturated carbocycles. The van der Waals surface area contributed by atoms with Gasteiger partial charge < -0.3 is 24.7 Å². The van der Waals surface area contributed by atoms with Crippen molar-refractivity contribution in [1.29, 1.82) is 0 Å². The highest BCUT2D eigenvalue weighted by atomic mass is 19.1. The molecule has 0 spiro atoms. The summed E-state index contributed by atoms with van der Waals surface area (Å²) in [5, 5.41) is 22.6. The Morgan fingerprint density at radius 3 is 2.74 bits per heavy atom. The summed E-state index contributed by atoms with van der Waals surface area (Å²) >= 11 is 0. The van der Waals surface area contributed by atoms with E-state index >= 15 is 4.39 Å². The third-order valence-corrected chi connectivity index (χ3v) is 7.80. The Balaban J connectivity index is 1.56. The van der Waals surface area contributed by atoms with Gasteiger partial charge >= 0.3 is 6.01 Å². The van der Waals surface area contributed by atoms with Gasteiger partial charge in [0, 0.05) is 38.7 Å². The third-order valence-electron chi connectivity index (χ3n) is 7.80. The number of anilines is 1. The van der Waals surface area contributed by atoms with Crippen LogP contribution in [0, 0.1) is 29.4 Å². The van der Waals surface area contributed by atoms with Gasteiger partial charge in [-0.1, -0.05) is 12.0 Å². The van der Waals surface area contributed by atoms with Gasteiger partial charge in [0.1, 0.15) is 34.3 Å². The second-order valence-corrected chi connectivity index (χ2v) is 11.8. The molecule has 1 aliphatic heterocycles. The number of benzene rings is 2. The molecule has 1 aliphatic carbocycles. The van der Waals surface area contributed by atoms with Crippen molar-refractivity contribution in [1.82, 2.24) is 19.9 Å². The van der Waals surface area contributed by atoms with Gasteiger partial charge in [-0.3, -0.25) is 0 Å². The molecule has 0 bridgehead atoms. The molecule has 2 aliphatic rings. The highest BCUT2D eigenvalue weighted by molar-refractivity contribution is 6.01. The Hall–Kier alpha value is -4.49. The van der Waals surface area contributed by atoms with Gasteiger partial charge in [-0.15, -0.1) is 0 Å². The number of phenolic OH excluding ortho intramolecular Hbond substituents is 1. The molecule has 2 fully saturated rings. The standard InChI is InChI=1S/C33H33F2N5O3/c1-5-7-26-27-30(28(35)29(36-26)25-15-23(41)13-19-8-9-22(34)14-24(19)25)37-32(43-17-21-12-20(21)16-39(3)4)38-31(27)40-11-6-10-33(2,42)18-40/h8-9,13-16,21,41-42H,6,10-12,17-18H2,1-4H3/t21?,33-/m1/s1. The zero-order valence-corrected chi connectivity index (χ0v) is 24.6. The number of pyridine rings is 1. The number of piperidine rings is 1. The van der Waals surface area contributed by atoms with Gasteiger partial charge in [0.25, 0.3) is 0 Å². The van der Waals surface area contributed by atoms with E-state index in [9.17, 15) is 14.6 Å². The number of hydrogen-bond donors (Lipinski definition) is 2. The fourth-order valence-corrected chi connectivity index (χ4v) is 5.78. The number of fused-ring (bicyclic) bond motifs is 2. The van der Waals surface area contributed by atoms with Crippen LogP contribution in [0.25, 0.3) is 32.9 Å². The number of aromatic hydroxyl groups is 1. The molecule has 0 amide bonds. The number of β-amino-alcohol motifs (C(OH)–C–C–N with tert-alkyl or cyclic N) is 1. The van der Waals surface area contributed by atoms with E-state index in [1.807, 2.05) is 23.9 Å². The minimum Gasteiger partial charge on any atom is -0.508 e. The number of phenols is 1. The van der Waals surface area contributed by atoms with Crippen molar-refractivity contribution in [3.8, 4) is 34.9 Å². The second kappa shape index (κ2) is 11.0. The summed E-state index contributed by atoms with van der Waals surface area (Å²) in [4.78, 5) is 17.8. The van der Waals surface area contributed by atoms with E-state index < -0.39 is 17.2 Å². The number of rotatable bonds is 6. The van der Waals surface area contributed by atoms with E-state index in [2.05, 4.69) is 28.0 Å². The molecule has 10 heteroatoms. The van der Waals surface area contributed by atoms with Crippen LogP contribution in [0.15, 0.2) is 42.1 Å². The first-order valence-corrected chi connectivity index (χ1v) is 14.3. The van der Waals surface area contributed by atoms with E-state index in [1.165, 1.54) is 35.9 Å². The third kappa shape index (κ3) is 5.77. The molecule has 2 atom stereocenters. The van der Waals surface area contributed by atoms with Gasteiger partial charge in [0.2, 0.25) is 0 Å². The normalized spacial score (nSPS) is 20.8. The Labute approximate surface area is 248 Å². The second-order valence-electron chi connectivity index (χ2n) is 11.8. The number of nitrogens with zero attached hydrogens (tertiary/aromatic N) is 5. The van der Waals surface area contributed by atoms with Crippen molar-refractivity contribution in [2.24, 2.45) is 5.92 Å². The molecule has 6 rings (SSSR count). The van der Waals surface area contributed by atoms with Gasteiger partial charge in [-0.2, -0.15) is 9.97 Å². The van der Waals surface area contributed by atoms with Crippen molar-refractivity contribution in [2.45, 2.75) is 38.7 Å². The molecule has 2 aromatic heterocycles. The fourth-order valence-electron chi connectivity index (χ4n) is 5.78. The number of aliphatic hydroxyl groups is 1. The summed E-state index contributed by atoms with van der Waals surface area (Å²) in [7, 11) is 3.93. The molecule has 0 radical (unpaired) electrons. The Morgan fingerprint density at radius 1 is 1.19 bits per heavy atom. The highest BCUT2D eigenvalue weighted by Crippen LogP contribution is 2.41. The van der Waals surface area contributed by atoms with Crippen molar-refractivity contribution in [3.63, 3.8) is 0 Å². The van der Waals surface area contributed by atoms with Crippen LogP contribution in [0.4, 0.5) is 14.6 Å². The number of halogens is 2. The maximum absolute atomic E-state index is 16.7. The van der Waals surface area contributed by atoms with Gasteiger partial charge in [-0.05, 0) is 85.8 Å². The first-order valence-electron chi connectivity index (χ1n) is 14.3. The van der Waals surface area contributed by atoms with Crippen LogP contribution in [-0.2, 0) is 0 Å². The molecule has 222 valence electrons. The van der Waals surface area contributed by atoms with Crippen LogP contribution >= 0.6 is 0 Å². The SMILES string of the molecule is CC#Cc1nc(-c2cc(O)cc3ccc(F)cc23)c(F)c2nc(OCC3CC3=CN(C)C)nc(N3CCC[C@@](C)(O)C3)c12. The number of ether oxygens (including phenoxy) is 1. The largest absolute Gasteiger partial charge is 0.508 e. The first kappa shape index (κ1) is 28.6. The molecular weight excluding hydrogens is 552 g/mol. The smallest absolute Gasteiger partial charge is 0.319 e. The van der Waals surface area contributed by atoms with Gasteiger partial charge in [0.15, 0.2) is 5.82 Å². The summed E-state index contributed by atoms with van der Waals surface area (Å²) in [6.45, 7) is 4.60. The summed E-state index contributed by atoms with van der Waals surface area (Å²) in [5.74, 6) is 5.03. The lowest BCUT2D eigenvalue weighted by atomic mass is 9.94. The predicted octanol–water partition coefficient (Wildman–Crippen LogP) is 5.40. The van der Waals surface area contributed by atoms with Crippen LogP contribution in [0.1, 0.15) is 38.8 Å². The van der Waals surface area contributed by atoms with Crippen molar-refractivity contribution in [3.05, 3.63) is 59.4 Å². The van der Waals surface area contributed by atoms with E-state index in [0.29, 0.717) is 48.0 Å². The maximum Gasteiger partial charge on any atom is 0.319 e. The first-order chi connectivity index (χ1) is 20.5. The van der Waals surface area contributed by atoms with E-state index in [-0.39, 0.29) is 46.7 Å². The zero-order chi connectivity index (χ0) is 30.5. The fraction of sp³-hybridized carbons (Fsp3) is 0.364. The summed E-state index contributed by atoms with van der Waals surface area (Å²) in [6, 6.07) is 6.92. The molecule has 8 nitrogen and oxygen atoms in total. The van der Waals surface area contributed by atoms with Crippen LogP contribution in [-0.4, -0.2) is 69.5 Å². The Bertz CT molecular complexity index is 1840. The van der Waals surface area contributed by atoms with E-state index in [1.54, 1.807) is 13.8 Å². The average Bonchev–Trinajstić information content (AvgIpc) is 3.69. The van der Waals surface area contributed by atoms with Crippen molar-refractivity contribution in [2.75, 3.05) is 38.7 Å². The van der Waals surface area contributed by atoms with Crippen LogP contribution in [0.5, 0.6) is 11.8 Å². The minimum atomic E-state index is -0.969. The minimum absolute atomic E-state index is 0.00193.